The van der Waals surface area contributed by atoms with Crippen molar-refractivity contribution in [2.24, 2.45) is 5.92 Å². The molecule has 0 unspecified atom stereocenters. The molecule has 10 nitrogen and oxygen atoms in total. The van der Waals surface area contributed by atoms with E-state index < -0.39 is 50.3 Å². The van der Waals surface area contributed by atoms with E-state index in [4.69, 9.17) is 0 Å². The Hall–Kier alpha value is -2.92. The van der Waals surface area contributed by atoms with Crippen molar-refractivity contribution < 1.29 is 27.9 Å². The molecule has 39 heavy (non-hydrogen) atoms. The van der Waals surface area contributed by atoms with Gasteiger partial charge in [-0.15, -0.1) is 0 Å². The van der Waals surface area contributed by atoms with Gasteiger partial charge in [0.1, 0.15) is 17.6 Å². The average Bonchev–Trinajstić information content (AvgIpc) is 3.78. The number of benzene rings is 1. The Morgan fingerprint density at radius 1 is 1.13 bits per heavy atom. The number of hydrogen-bond donors (Lipinski definition) is 4. The van der Waals surface area contributed by atoms with Crippen molar-refractivity contribution in [1.29, 1.82) is 0 Å². The van der Waals surface area contributed by atoms with Crippen molar-refractivity contribution in [2.45, 2.75) is 93.2 Å². The fourth-order valence-corrected chi connectivity index (χ4v) is 6.93. The van der Waals surface area contributed by atoms with Crippen LogP contribution in [0.2, 0.25) is 0 Å². The summed E-state index contributed by atoms with van der Waals surface area (Å²) in [6.45, 7) is 1.61. The summed E-state index contributed by atoms with van der Waals surface area (Å²) in [4.78, 5) is 42.2. The molecule has 0 aromatic heterocycles. The number of fused-ring (bicyclic) bond motifs is 2. The van der Waals surface area contributed by atoms with Gasteiger partial charge in [0.05, 0.1) is 10.9 Å². The van der Waals surface area contributed by atoms with E-state index in [0.717, 1.165) is 31.4 Å². The maximum absolute atomic E-state index is 13.8. The van der Waals surface area contributed by atoms with Gasteiger partial charge in [-0.3, -0.25) is 19.1 Å². The molecule has 4 aliphatic rings. The number of carbonyl (C=O) groups is 3. The second-order valence-electron chi connectivity index (χ2n) is 11.7. The van der Waals surface area contributed by atoms with Crippen molar-refractivity contribution in [3.8, 4) is 0 Å². The maximum atomic E-state index is 13.8. The molecule has 1 aromatic carbocycles. The number of allylic oxidation sites excluding steroid dienone is 1. The normalized spacial score (nSPS) is 33.4. The summed E-state index contributed by atoms with van der Waals surface area (Å²) < 4.78 is 26.9. The van der Waals surface area contributed by atoms with E-state index in [2.05, 4.69) is 15.4 Å². The Balaban J connectivity index is 1.40. The monoisotopic (exact) mass is 558 g/mol. The van der Waals surface area contributed by atoms with Crippen LogP contribution in [0, 0.1) is 5.92 Å². The summed E-state index contributed by atoms with van der Waals surface area (Å²) in [5.74, 6) is -1.94. The number of anilines is 1. The molecule has 0 bridgehead atoms. The van der Waals surface area contributed by atoms with Crippen LogP contribution in [0.3, 0.4) is 0 Å². The van der Waals surface area contributed by atoms with Gasteiger partial charge in [-0.1, -0.05) is 43.2 Å². The number of hydrogen-bond acceptors (Lipinski definition) is 7. The zero-order chi connectivity index (χ0) is 27.8. The maximum Gasteiger partial charge on any atom is 0.259 e. The molecular weight excluding hydrogens is 520 g/mol. The molecule has 0 radical (unpaired) electrons. The number of nitrogens with one attached hydrogen (secondary N) is 3. The molecule has 0 spiro atoms. The molecule has 2 aliphatic carbocycles. The summed E-state index contributed by atoms with van der Waals surface area (Å²) in [7, 11) is -3.89. The quantitative estimate of drug-likeness (QED) is 0.404. The van der Waals surface area contributed by atoms with Crippen molar-refractivity contribution >= 4 is 33.4 Å². The van der Waals surface area contributed by atoms with Gasteiger partial charge in [0, 0.05) is 24.6 Å². The molecule has 11 heteroatoms. The number of aliphatic hydroxyl groups excluding tert-OH is 1. The highest BCUT2D eigenvalue weighted by molar-refractivity contribution is 7.91. The predicted octanol–water partition coefficient (Wildman–Crippen LogP) is 1.82. The summed E-state index contributed by atoms with van der Waals surface area (Å²) in [5, 5.41) is 16.6. The van der Waals surface area contributed by atoms with E-state index in [9.17, 15) is 27.9 Å². The molecule has 5 rings (SSSR count). The van der Waals surface area contributed by atoms with Gasteiger partial charge in [-0.25, -0.2) is 8.42 Å². The zero-order valence-electron chi connectivity index (χ0n) is 22.3. The highest BCUT2D eigenvalue weighted by atomic mass is 32.2. The lowest BCUT2D eigenvalue weighted by molar-refractivity contribution is -0.140. The molecule has 1 aromatic rings. The smallest absolute Gasteiger partial charge is 0.259 e. The van der Waals surface area contributed by atoms with Crippen LogP contribution in [0.4, 0.5) is 5.69 Å². The lowest BCUT2D eigenvalue weighted by Gasteiger charge is -2.30. The number of para-hydroxylation sites is 1. The molecule has 4 N–H and O–H groups in total. The first-order chi connectivity index (χ1) is 18.5. The number of sulfonamides is 1. The Labute approximate surface area is 229 Å². The van der Waals surface area contributed by atoms with E-state index >= 15 is 0 Å². The van der Waals surface area contributed by atoms with Crippen LogP contribution in [-0.4, -0.2) is 71.2 Å². The highest BCUT2D eigenvalue weighted by Crippen LogP contribution is 2.47. The topological polar surface area (TPSA) is 145 Å². The first-order valence-electron chi connectivity index (χ1n) is 13.9. The van der Waals surface area contributed by atoms with Crippen molar-refractivity contribution in [3.05, 3.63) is 42.5 Å². The van der Waals surface area contributed by atoms with Crippen LogP contribution in [0.25, 0.3) is 0 Å². The van der Waals surface area contributed by atoms with Crippen LogP contribution < -0.4 is 15.4 Å². The Kier molecular flexibility index (Phi) is 7.49. The van der Waals surface area contributed by atoms with E-state index in [1.807, 2.05) is 42.5 Å². The molecule has 3 amide bonds. The van der Waals surface area contributed by atoms with E-state index in [0.29, 0.717) is 19.3 Å². The second kappa shape index (κ2) is 10.6. The number of amides is 3. The molecule has 2 saturated carbocycles. The highest BCUT2D eigenvalue weighted by Gasteiger charge is 2.63. The summed E-state index contributed by atoms with van der Waals surface area (Å²) in [6, 6.07) is 7.85. The molecule has 3 fully saturated rings. The molecule has 5 atom stereocenters. The first-order valence-corrected chi connectivity index (χ1v) is 15.4. The van der Waals surface area contributed by atoms with Gasteiger partial charge in [0.2, 0.25) is 21.8 Å². The Bertz CT molecular complexity index is 1250. The SMILES string of the molecule is CC1(S(=O)(=O)NC(=O)[C@@]23C[C@H]2/C=C\CCCCC[C@H](Nc2ccccc2)C(=O)N2C[C@H](O)C[C@H]2C(=O)N3)CC1. The first kappa shape index (κ1) is 27.6. The minimum absolute atomic E-state index is 0.0130. The van der Waals surface area contributed by atoms with Gasteiger partial charge in [0.15, 0.2) is 0 Å². The number of aliphatic hydroxyl groups is 1. The molecule has 2 aliphatic heterocycles. The summed E-state index contributed by atoms with van der Waals surface area (Å²) in [6.07, 6.45) is 8.24. The Morgan fingerprint density at radius 3 is 2.59 bits per heavy atom. The number of nitrogens with zero attached hydrogens (tertiary/aromatic N) is 1. The zero-order valence-corrected chi connectivity index (χ0v) is 23.1. The van der Waals surface area contributed by atoms with Crippen LogP contribution >= 0.6 is 0 Å². The van der Waals surface area contributed by atoms with Gasteiger partial charge >= 0.3 is 0 Å². The van der Waals surface area contributed by atoms with E-state index in [-0.39, 0.29) is 31.2 Å². The van der Waals surface area contributed by atoms with E-state index in [1.54, 1.807) is 6.92 Å². The molecule has 212 valence electrons. The third-order valence-corrected chi connectivity index (χ3v) is 10.8. The molecular formula is C28H38N4O6S. The van der Waals surface area contributed by atoms with Gasteiger partial charge in [0.25, 0.3) is 5.91 Å². The van der Waals surface area contributed by atoms with Crippen molar-refractivity contribution in [3.63, 3.8) is 0 Å². The van der Waals surface area contributed by atoms with Crippen LogP contribution in [0.5, 0.6) is 0 Å². The molecule has 1 saturated heterocycles. The third kappa shape index (κ3) is 5.70. The largest absolute Gasteiger partial charge is 0.391 e. The second-order valence-corrected chi connectivity index (χ2v) is 13.9. The average molecular weight is 559 g/mol. The minimum Gasteiger partial charge on any atom is -0.391 e. The minimum atomic E-state index is -3.89. The fraction of sp³-hybridized carbons (Fsp3) is 0.607. The summed E-state index contributed by atoms with van der Waals surface area (Å²) >= 11 is 0. The standard InChI is InChI=1S/C28H38N4O6S/c1-27(14-15-27)39(37,38)31-26(36)28-17-19(28)10-6-3-2-4-9-13-22(29-20-11-7-5-8-12-20)25(35)32-18-21(33)16-23(32)24(34)30-28/h5-8,10-12,19,21-23,29,33H,2-4,9,13-18H2,1H3,(H,30,34)(H,31,36)/b10-6-/t19-,21-,22+,23+,28-/m1/s1. The lowest BCUT2D eigenvalue weighted by atomic mass is 10.0. The Morgan fingerprint density at radius 2 is 1.87 bits per heavy atom. The van der Waals surface area contributed by atoms with E-state index in [1.165, 1.54) is 4.90 Å². The lowest BCUT2D eigenvalue weighted by Crippen LogP contribution is -2.58. The van der Waals surface area contributed by atoms with Gasteiger partial charge < -0.3 is 20.6 Å². The van der Waals surface area contributed by atoms with Gasteiger partial charge in [-0.2, -0.15) is 0 Å². The third-order valence-electron chi connectivity index (χ3n) is 8.61. The van der Waals surface area contributed by atoms with Gasteiger partial charge in [-0.05, 0) is 57.6 Å². The van der Waals surface area contributed by atoms with Crippen molar-refractivity contribution in [1.82, 2.24) is 14.9 Å². The number of rotatable bonds is 5. The van der Waals surface area contributed by atoms with Crippen molar-refractivity contribution in [2.75, 3.05) is 11.9 Å². The fourth-order valence-electron chi connectivity index (χ4n) is 5.61. The number of carbonyl (C=O) groups excluding carboxylic acids is 3. The predicted molar refractivity (Wildman–Crippen MR) is 146 cm³/mol. The van der Waals surface area contributed by atoms with Crippen LogP contribution in [0.15, 0.2) is 42.5 Å². The molecule has 2 heterocycles. The van der Waals surface area contributed by atoms with Crippen LogP contribution in [-0.2, 0) is 24.4 Å². The summed E-state index contributed by atoms with van der Waals surface area (Å²) in [5.41, 5.74) is -0.616. The van der Waals surface area contributed by atoms with Crippen LogP contribution in [0.1, 0.15) is 64.7 Å².